The summed E-state index contributed by atoms with van der Waals surface area (Å²) in [6.45, 7) is 7.24. The van der Waals surface area contributed by atoms with E-state index in [1.54, 1.807) is 0 Å². The number of hydrogen-bond donors (Lipinski definition) is 3. The molecule has 5 atom stereocenters. The maximum atomic E-state index is 13.0. The van der Waals surface area contributed by atoms with Crippen molar-refractivity contribution in [3.63, 3.8) is 0 Å². The first kappa shape index (κ1) is 87.1. The number of phosphoric ester groups is 2. The Labute approximate surface area is 543 Å². The number of esters is 4. The second-order valence-corrected chi connectivity index (χ2v) is 28.7. The van der Waals surface area contributed by atoms with E-state index in [1.165, 1.54) is 186 Å². The highest BCUT2D eigenvalue weighted by molar-refractivity contribution is 7.47. The molecule has 0 aliphatic carbocycles. The van der Waals surface area contributed by atoms with Gasteiger partial charge >= 0.3 is 39.5 Å². The first-order chi connectivity index (χ1) is 43.0. The standard InChI is InChI=1S/C70H136O17P2/c1-6-9-12-15-18-21-23-24-25-26-30-36-41-46-51-56-70(75)87-66(60-81-68(73)54-49-44-39-34-31-27-29-33-37-42-47-52-63(4)5)62-85-89(78,79)83-58-64(71)57-82-88(76,77)84-61-65(59-80-67(72)53-48-43-38-32-20-17-14-11-8-3)86-69(74)55-50-45-40-35-28-22-19-16-13-10-7-2/h63-66,71H,6-62H2,1-5H3,(H,76,77)(H,78,79)/t64-,65+,66+/m0/s1. The van der Waals surface area contributed by atoms with Gasteiger partial charge in [-0.2, -0.15) is 0 Å². The summed E-state index contributed by atoms with van der Waals surface area (Å²) in [7, 11) is -9.90. The largest absolute Gasteiger partial charge is 0.472 e. The molecular formula is C70H136O17P2. The fraction of sp³-hybridized carbons (Fsp3) is 0.943. The van der Waals surface area contributed by atoms with Crippen LogP contribution < -0.4 is 0 Å². The lowest BCUT2D eigenvalue weighted by Gasteiger charge is -2.21. The molecule has 0 saturated heterocycles. The molecule has 0 bridgehead atoms. The molecule has 0 aliphatic heterocycles. The zero-order chi connectivity index (χ0) is 65.6. The molecule has 0 saturated carbocycles. The second kappa shape index (κ2) is 63.5. The van der Waals surface area contributed by atoms with E-state index in [0.29, 0.717) is 25.7 Å². The monoisotopic (exact) mass is 1310 g/mol. The Morgan fingerprint density at radius 2 is 0.517 bits per heavy atom. The lowest BCUT2D eigenvalue weighted by molar-refractivity contribution is -0.161. The summed E-state index contributed by atoms with van der Waals surface area (Å²) in [5, 5.41) is 10.6. The summed E-state index contributed by atoms with van der Waals surface area (Å²) in [5.74, 6) is -1.35. The van der Waals surface area contributed by atoms with Crippen molar-refractivity contribution < 1.29 is 80.2 Å². The van der Waals surface area contributed by atoms with Crippen molar-refractivity contribution in [2.24, 2.45) is 5.92 Å². The summed E-state index contributed by atoms with van der Waals surface area (Å²) in [4.78, 5) is 72.5. The van der Waals surface area contributed by atoms with Gasteiger partial charge in [-0.25, -0.2) is 9.13 Å². The van der Waals surface area contributed by atoms with Crippen LogP contribution >= 0.6 is 15.6 Å². The van der Waals surface area contributed by atoms with Gasteiger partial charge in [0.1, 0.15) is 19.3 Å². The van der Waals surface area contributed by atoms with E-state index in [1.807, 2.05) is 0 Å². The molecule has 0 aromatic heterocycles. The molecule has 0 rings (SSSR count). The summed E-state index contributed by atoms with van der Waals surface area (Å²) in [6.07, 6.45) is 49.8. The fourth-order valence-electron chi connectivity index (χ4n) is 10.6. The van der Waals surface area contributed by atoms with Crippen LogP contribution in [-0.2, 0) is 65.4 Å². The van der Waals surface area contributed by atoms with Gasteiger partial charge in [0.05, 0.1) is 26.4 Å². The number of rotatable bonds is 70. The van der Waals surface area contributed by atoms with Crippen molar-refractivity contribution in [3.05, 3.63) is 0 Å². The van der Waals surface area contributed by atoms with Crippen LogP contribution in [0.3, 0.4) is 0 Å². The van der Waals surface area contributed by atoms with Crippen molar-refractivity contribution >= 4 is 39.5 Å². The lowest BCUT2D eigenvalue weighted by atomic mass is 10.0. The minimum atomic E-state index is -4.95. The van der Waals surface area contributed by atoms with E-state index < -0.39 is 97.5 Å². The van der Waals surface area contributed by atoms with Gasteiger partial charge in [0.2, 0.25) is 0 Å². The van der Waals surface area contributed by atoms with E-state index in [-0.39, 0.29) is 25.7 Å². The van der Waals surface area contributed by atoms with E-state index in [9.17, 15) is 43.2 Å². The average Bonchev–Trinajstić information content (AvgIpc) is 3.61. The molecule has 0 amide bonds. The van der Waals surface area contributed by atoms with Crippen molar-refractivity contribution in [2.75, 3.05) is 39.6 Å². The van der Waals surface area contributed by atoms with Gasteiger partial charge in [-0.3, -0.25) is 37.3 Å². The Balaban J connectivity index is 5.23. The summed E-state index contributed by atoms with van der Waals surface area (Å²) >= 11 is 0. The third-order valence-electron chi connectivity index (χ3n) is 16.3. The topological polar surface area (TPSA) is 237 Å². The van der Waals surface area contributed by atoms with Gasteiger partial charge in [0.25, 0.3) is 0 Å². The summed E-state index contributed by atoms with van der Waals surface area (Å²) in [5.41, 5.74) is 0. The number of carbonyl (C=O) groups is 4. The molecule has 17 nitrogen and oxygen atoms in total. The number of carbonyl (C=O) groups excluding carboxylic acids is 4. The van der Waals surface area contributed by atoms with E-state index in [0.717, 1.165) is 95.8 Å². The average molecular weight is 1310 g/mol. The zero-order valence-corrected chi connectivity index (χ0v) is 59.4. The first-order valence-electron chi connectivity index (χ1n) is 36.6. The number of unbranched alkanes of at least 4 members (excludes halogenated alkanes) is 42. The van der Waals surface area contributed by atoms with Crippen LogP contribution in [0.2, 0.25) is 0 Å². The fourth-order valence-corrected chi connectivity index (χ4v) is 12.2. The van der Waals surface area contributed by atoms with Crippen molar-refractivity contribution in [3.8, 4) is 0 Å². The number of aliphatic hydroxyl groups is 1. The maximum absolute atomic E-state index is 13.0. The molecule has 3 N–H and O–H groups in total. The van der Waals surface area contributed by atoms with E-state index in [2.05, 4.69) is 34.6 Å². The highest BCUT2D eigenvalue weighted by atomic mass is 31.2. The SMILES string of the molecule is CCCCCCCCCCCCCCCCCC(=O)O[C@H](COC(=O)CCCCCCCCCCCCCC(C)C)COP(=O)(O)OC[C@@H](O)COP(=O)(O)OC[C@@H](COC(=O)CCCCCCCCCCC)OC(=O)CCCCCCCCCCCCC. The molecule has 0 fully saturated rings. The van der Waals surface area contributed by atoms with Gasteiger partial charge in [-0.15, -0.1) is 0 Å². The maximum Gasteiger partial charge on any atom is 0.472 e. The Bertz CT molecular complexity index is 1720. The van der Waals surface area contributed by atoms with Crippen LogP contribution in [0.25, 0.3) is 0 Å². The number of phosphoric acid groups is 2. The predicted molar refractivity (Wildman–Crippen MR) is 358 cm³/mol. The Kier molecular flexibility index (Phi) is 62.1. The Morgan fingerprint density at radius 3 is 0.764 bits per heavy atom. The molecule has 19 heteroatoms. The first-order valence-corrected chi connectivity index (χ1v) is 39.6. The summed E-state index contributed by atoms with van der Waals surface area (Å²) in [6, 6.07) is 0. The molecule has 0 spiro atoms. The van der Waals surface area contributed by atoms with Crippen LogP contribution in [0, 0.1) is 5.92 Å². The van der Waals surface area contributed by atoms with E-state index >= 15 is 0 Å². The smallest absolute Gasteiger partial charge is 0.462 e. The minimum absolute atomic E-state index is 0.107. The van der Waals surface area contributed by atoms with Crippen molar-refractivity contribution in [2.45, 2.75) is 380 Å². The molecule has 528 valence electrons. The molecule has 0 heterocycles. The molecule has 0 radical (unpaired) electrons. The van der Waals surface area contributed by atoms with Crippen LogP contribution in [0.5, 0.6) is 0 Å². The molecule has 0 aliphatic rings. The predicted octanol–water partition coefficient (Wildman–Crippen LogP) is 20.1. The van der Waals surface area contributed by atoms with E-state index in [4.69, 9.17) is 37.0 Å². The molecule has 2 unspecified atom stereocenters. The van der Waals surface area contributed by atoms with Crippen LogP contribution in [0.15, 0.2) is 0 Å². The van der Waals surface area contributed by atoms with Gasteiger partial charge in [-0.05, 0) is 31.6 Å². The summed E-state index contributed by atoms with van der Waals surface area (Å²) < 4.78 is 68.3. The normalized spacial score (nSPS) is 14.1. The molecule has 0 aromatic carbocycles. The quantitative estimate of drug-likeness (QED) is 0.0222. The number of aliphatic hydroxyl groups excluding tert-OH is 1. The Morgan fingerprint density at radius 1 is 0.303 bits per heavy atom. The van der Waals surface area contributed by atoms with Crippen molar-refractivity contribution in [1.82, 2.24) is 0 Å². The van der Waals surface area contributed by atoms with Gasteiger partial charge in [0.15, 0.2) is 12.2 Å². The number of ether oxygens (including phenoxy) is 4. The van der Waals surface area contributed by atoms with Crippen LogP contribution in [-0.4, -0.2) is 96.7 Å². The highest BCUT2D eigenvalue weighted by Gasteiger charge is 2.30. The van der Waals surface area contributed by atoms with Crippen LogP contribution in [0.1, 0.15) is 362 Å². The molecule has 89 heavy (non-hydrogen) atoms. The zero-order valence-electron chi connectivity index (χ0n) is 57.6. The van der Waals surface area contributed by atoms with Gasteiger partial charge in [-0.1, -0.05) is 311 Å². The molecule has 0 aromatic rings. The third kappa shape index (κ3) is 64.6. The number of hydrogen-bond acceptors (Lipinski definition) is 15. The second-order valence-electron chi connectivity index (χ2n) is 25.7. The van der Waals surface area contributed by atoms with Crippen molar-refractivity contribution in [1.29, 1.82) is 0 Å². The highest BCUT2D eigenvalue weighted by Crippen LogP contribution is 2.45. The van der Waals surface area contributed by atoms with Crippen LogP contribution in [0.4, 0.5) is 0 Å². The van der Waals surface area contributed by atoms with Gasteiger partial charge < -0.3 is 33.8 Å². The Hall–Kier alpha value is -1.94. The molecular weight excluding hydrogens is 1170 g/mol. The third-order valence-corrected chi connectivity index (χ3v) is 18.2. The lowest BCUT2D eigenvalue weighted by Crippen LogP contribution is -2.30. The van der Waals surface area contributed by atoms with Gasteiger partial charge in [0, 0.05) is 25.7 Å². The minimum Gasteiger partial charge on any atom is -0.462 e.